The van der Waals surface area contributed by atoms with E-state index in [4.69, 9.17) is 10.5 Å². The van der Waals surface area contributed by atoms with Gasteiger partial charge in [-0.3, -0.25) is 4.79 Å². The molecule has 0 radical (unpaired) electrons. The number of carbonyl (C=O) groups is 1. The van der Waals surface area contributed by atoms with E-state index in [1.165, 1.54) is 5.56 Å². The van der Waals surface area contributed by atoms with E-state index in [0.29, 0.717) is 6.61 Å². The van der Waals surface area contributed by atoms with Gasteiger partial charge in [-0.15, -0.1) is 0 Å². The molecule has 0 aromatic heterocycles. The molecular weight excluding hydrogens is 202 g/mol. The first-order chi connectivity index (χ1) is 7.63. The van der Waals surface area contributed by atoms with Crippen LogP contribution < -0.4 is 5.73 Å². The van der Waals surface area contributed by atoms with Crippen molar-refractivity contribution in [1.29, 1.82) is 0 Å². The number of ether oxygens (including phenoxy) is 1. The van der Waals surface area contributed by atoms with E-state index < -0.39 is 6.04 Å². The Morgan fingerprint density at radius 1 is 1.31 bits per heavy atom. The lowest BCUT2D eigenvalue weighted by Gasteiger charge is -2.07. The zero-order valence-electron chi connectivity index (χ0n) is 9.90. The van der Waals surface area contributed by atoms with Gasteiger partial charge in [-0.25, -0.2) is 0 Å². The van der Waals surface area contributed by atoms with Gasteiger partial charge in [-0.1, -0.05) is 37.6 Å². The maximum Gasteiger partial charge on any atom is 0.322 e. The summed E-state index contributed by atoms with van der Waals surface area (Å²) in [5.41, 5.74) is 7.69. The molecule has 88 valence electrons. The van der Waals surface area contributed by atoms with E-state index >= 15 is 0 Å². The summed E-state index contributed by atoms with van der Waals surface area (Å²) in [6, 6.07) is 7.55. The van der Waals surface area contributed by atoms with E-state index in [2.05, 4.69) is 19.1 Å². The van der Waals surface area contributed by atoms with Crippen LogP contribution in [0.1, 0.15) is 31.4 Å². The van der Waals surface area contributed by atoms with Crippen LogP contribution in [0.3, 0.4) is 0 Å². The molecule has 1 aromatic rings. The van der Waals surface area contributed by atoms with E-state index in [1.807, 2.05) is 12.1 Å². The molecule has 1 unspecified atom stereocenters. The summed E-state index contributed by atoms with van der Waals surface area (Å²) in [7, 11) is 0. The van der Waals surface area contributed by atoms with Crippen molar-refractivity contribution in [3.63, 3.8) is 0 Å². The van der Waals surface area contributed by atoms with Crippen LogP contribution in [0.15, 0.2) is 24.3 Å². The number of nitrogens with two attached hydrogens (primary N) is 1. The number of benzene rings is 1. The predicted octanol–water partition coefficient (Wildman–Crippen LogP) is 2.03. The summed E-state index contributed by atoms with van der Waals surface area (Å²) in [5, 5.41) is 0. The third-order valence-electron chi connectivity index (χ3n) is 2.31. The molecule has 0 saturated heterocycles. The highest BCUT2D eigenvalue weighted by molar-refractivity contribution is 5.74. The van der Waals surface area contributed by atoms with Crippen molar-refractivity contribution < 1.29 is 9.53 Å². The zero-order chi connectivity index (χ0) is 12.0. The van der Waals surface area contributed by atoms with Crippen molar-refractivity contribution >= 4 is 5.97 Å². The second kappa shape index (κ2) is 6.28. The summed E-state index contributed by atoms with van der Waals surface area (Å²) < 4.78 is 5.03. The van der Waals surface area contributed by atoms with Gasteiger partial charge in [0, 0.05) is 0 Å². The third kappa shape index (κ3) is 4.03. The standard InChI is InChI=1S/C13H19NO2/c1-3-4-11-5-7-12(8-6-11)9-16-13(15)10(2)14/h5-8,10H,3-4,9,14H2,1-2H3. The average Bonchev–Trinajstić information content (AvgIpc) is 2.28. The van der Waals surface area contributed by atoms with E-state index in [9.17, 15) is 4.79 Å². The SMILES string of the molecule is CCCc1ccc(COC(=O)C(C)N)cc1. The number of rotatable bonds is 5. The monoisotopic (exact) mass is 221 g/mol. The van der Waals surface area contributed by atoms with Crippen LogP contribution in [0.5, 0.6) is 0 Å². The molecule has 0 aliphatic carbocycles. The molecule has 16 heavy (non-hydrogen) atoms. The number of hydrogen-bond acceptors (Lipinski definition) is 3. The highest BCUT2D eigenvalue weighted by Crippen LogP contribution is 2.08. The van der Waals surface area contributed by atoms with Crippen molar-refractivity contribution in [3.05, 3.63) is 35.4 Å². The smallest absolute Gasteiger partial charge is 0.322 e. The van der Waals surface area contributed by atoms with Crippen molar-refractivity contribution in [1.82, 2.24) is 0 Å². The van der Waals surface area contributed by atoms with Gasteiger partial charge in [-0.05, 0) is 24.5 Å². The molecule has 0 fully saturated rings. The first-order valence-electron chi connectivity index (χ1n) is 5.63. The van der Waals surface area contributed by atoms with Crippen LogP contribution in [0, 0.1) is 0 Å². The molecular formula is C13H19NO2. The second-order valence-electron chi connectivity index (χ2n) is 3.96. The molecule has 0 aliphatic rings. The number of hydrogen-bond donors (Lipinski definition) is 1. The Morgan fingerprint density at radius 3 is 2.38 bits per heavy atom. The molecule has 0 saturated carbocycles. The molecule has 0 heterocycles. The molecule has 1 rings (SSSR count). The first-order valence-corrected chi connectivity index (χ1v) is 5.63. The molecule has 3 nitrogen and oxygen atoms in total. The highest BCUT2D eigenvalue weighted by atomic mass is 16.5. The highest BCUT2D eigenvalue weighted by Gasteiger charge is 2.08. The maximum absolute atomic E-state index is 11.1. The van der Waals surface area contributed by atoms with Gasteiger partial charge in [-0.2, -0.15) is 0 Å². The number of esters is 1. The minimum absolute atomic E-state index is 0.298. The fraction of sp³-hybridized carbons (Fsp3) is 0.462. The summed E-state index contributed by atoms with van der Waals surface area (Å²) in [5.74, 6) is -0.363. The average molecular weight is 221 g/mol. The molecule has 0 bridgehead atoms. The Bertz CT molecular complexity index is 330. The van der Waals surface area contributed by atoms with Gasteiger partial charge < -0.3 is 10.5 Å². The molecule has 0 aliphatic heterocycles. The molecule has 3 heteroatoms. The second-order valence-corrected chi connectivity index (χ2v) is 3.96. The predicted molar refractivity (Wildman–Crippen MR) is 63.9 cm³/mol. The largest absolute Gasteiger partial charge is 0.460 e. The summed E-state index contributed by atoms with van der Waals surface area (Å²) in [6.45, 7) is 4.07. The van der Waals surface area contributed by atoms with Crippen molar-refractivity contribution in [2.45, 2.75) is 39.3 Å². The quantitative estimate of drug-likeness (QED) is 0.774. The minimum Gasteiger partial charge on any atom is -0.460 e. The topological polar surface area (TPSA) is 52.3 Å². The van der Waals surface area contributed by atoms with Gasteiger partial charge >= 0.3 is 5.97 Å². The van der Waals surface area contributed by atoms with E-state index in [-0.39, 0.29) is 5.97 Å². The maximum atomic E-state index is 11.1. The summed E-state index contributed by atoms with van der Waals surface area (Å²) >= 11 is 0. The third-order valence-corrected chi connectivity index (χ3v) is 2.31. The molecule has 0 amide bonds. The normalized spacial score (nSPS) is 12.2. The van der Waals surface area contributed by atoms with Gasteiger partial charge in [0.05, 0.1) is 0 Å². The van der Waals surface area contributed by atoms with Gasteiger partial charge in [0.25, 0.3) is 0 Å². The van der Waals surface area contributed by atoms with Crippen LogP contribution in [-0.2, 0) is 22.6 Å². The zero-order valence-corrected chi connectivity index (χ0v) is 9.90. The van der Waals surface area contributed by atoms with Gasteiger partial charge in [0.2, 0.25) is 0 Å². The summed E-state index contributed by atoms with van der Waals surface area (Å²) in [4.78, 5) is 11.1. The Balaban J connectivity index is 2.46. The van der Waals surface area contributed by atoms with Crippen molar-refractivity contribution in [3.8, 4) is 0 Å². The molecule has 1 atom stereocenters. The van der Waals surface area contributed by atoms with E-state index in [1.54, 1.807) is 6.92 Å². The summed E-state index contributed by atoms with van der Waals surface area (Å²) in [6.07, 6.45) is 2.22. The van der Waals surface area contributed by atoms with Crippen LogP contribution in [0.2, 0.25) is 0 Å². The van der Waals surface area contributed by atoms with Crippen molar-refractivity contribution in [2.75, 3.05) is 0 Å². The van der Waals surface area contributed by atoms with Crippen LogP contribution in [-0.4, -0.2) is 12.0 Å². The molecule has 2 N–H and O–H groups in total. The Kier molecular flexibility index (Phi) is 4.99. The lowest BCUT2D eigenvalue weighted by atomic mass is 10.1. The lowest BCUT2D eigenvalue weighted by molar-refractivity contribution is -0.146. The Hall–Kier alpha value is -1.35. The fourth-order valence-corrected chi connectivity index (χ4v) is 1.38. The van der Waals surface area contributed by atoms with Crippen LogP contribution in [0.25, 0.3) is 0 Å². The molecule has 1 aromatic carbocycles. The molecule has 0 spiro atoms. The van der Waals surface area contributed by atoms with Gasteiger partial charge in [0.15, 0.2) is 0 Å². The minimum atomic E-state index is -0.556. The Morgan fingerprint density at radius 2 is 1.88 bits per heavy atom. The first kappa shape index (κ1) is 12.7. The van der Waals surface area contributed by atoms with E-state index in [0.717, 1.165) is 18.4 Å². The number of carbonyl (C=O) groups excluding carboxylic acids is 1. The van der Waals surface area contributed by atoms with Crippen LogP contribution in [0.4, 0.5) is 0 Å². The Labute approximate surface area is 96.6 Å². The fourth-order valence-electron chi connectivity index (χ4n) is 1.38. The van der Waals surface area contributed by atoms with Gasteiger partial charge in [0.1, 0.15) is 12.6 Å². The lowest BCUT2D eigenvalue weighted by Crippen LogP contribution is -2.28. The van der Waals surface area contributed by atoms with Crippen LogP contribution >= 0.6 is 0 Å². The number of aryl methyl sites for hydroxylation is 1. The van der Waals surface area contributed by atoms with Crippen molar-refractivity contribution in [2.24, 2.45) is 5.73 Å².